The average Bonchev–Trinajstić information content (AvgIpc) is 2.81. The SMILES string of the molecule is COc1cc(OC)c2c(C)c(CC(=O)N3CCN(c4ccccc4)CC3)c(=O)oc2c1. The van der Waals surface area contributed by atoms with E-state index >= 15 is 0 Å². The number of hydrogen-bond donors (Lipinski definition) is 0. The highest BCUT2D eigenvalue weighted by Crippen LogP contribution is 2.33. The Morgan fingerprint density at radius 3 is 2.39 bits per heavy atom. The van der Waals surface area contributed by atoms with Crippen molar-refractivity contribution in [3.05, 3.63) is 64.0 Å². The van der Waals surface area contributed by atoms with Gasteiger partial charge in [0.25, 0.3) is 0 Å². The van der Waals surface area contributed by atoms with E-state index in [9.17, 15) is 9.59 Å². The molecule has 1 aliphatic rings. The molecule has 1 aromatic heterocycles. The Hall–Kier alpha value is -3.48. The van der Waals surface area contributed by atoms with Crippen molar-refractivity contribution in [1.29, 1.82) is 0 Å². The standard InChI is InChI=1S/C24H26N2O5/c1-16-19(24(28)31-21-14-18(29-2)13-20(30-3)23(16)21)15-22(27)26-11-9-25(10-12-26)17-7-5-4-6-8-17/h4-8,13-14H,9-12,15H2,1-3H3. The normalized spacial score (nSPS) is 14.0. The second-order valence-corrected chi connectivity index (χ2v) is 7.58. The summed E-state index contributed by atoms with van der Waals surface area (Å²) < 4.78 is 16.3. The van der Waals surface area contributed by atoms with E-state index in [4.69, 9.17) is 13.9 Å². The van der Waals surface area contributed by atoms with Crippen LogP contribution in [0.4, 0.5) is 5.69 Å². The molecular formula is C24H26N2O5. The Kier molecular flexibility index (Phi) is 5.84. The van der Waals surface area contributed by atoms with Gasteiger partial charge >= 0.3 is 5.63 Å². The smallest absolute Gasteiger partial charge is 0.340 e. The Morgan fingerprint density at radius 2 is 1.74 bits per heavy atom. The lowest BCUT2D eigenvalue weighted by Gasteiger charge is -2.36. The van der Waals surface area contributed by atoms with Crippen LogP contribution in [0, 0.1) is 6.92 Å². The Balaban J connectivity index is 1.55. The number of fused-ring (bicyclic) bond motifs is 1. The predicted molar refractivity (Wildman–Crippen MR) is 119 cm³/mol. The summed E-state index contributed by atoms with van der Waals surface area (Å²) in [4.78, 5) is 29.7. The van der Waals surface area contributed by atoms with E-state index in [2.05, 4.69) is 17.0 Å². The topological polar surface area (TPSA) is 72.2 Å². The zero-order valence-electron chi connectivity index (χ0n) is 18.0. The van der Waals surface area contributed by atoms with Crippen molar-refractivity contribution >= 4 is 22.6 Å². The van der Waals surface area contributed by atoms with Gasteiger partial charge < -0.3 is 23.7 Å². The number of methoxy groups -OCH3 is 2. The van der Waals surface area contributed by atoms with Crippen LogP contribution < -0.4 is 20.0 Å². The first-order valence-electron chi connectivity index (χ1n) is 10.3. The van der Waals surface area contributed by atoms with Gasteiger partial charge in [0.2, 0.25) is 5.91 Å². The number of nitrogens with zero attached hydrogens (tertiary/aromatic N) is 2. The van der Waals surface area contributed by atoms with Crippen LogP contribution in [0.15, 0.2) is 51.7 Å². The maximum Gasteiger partial charge on any atom is 0.340 e. The van der Waals surface area contributed by atoms with Crippen molar-refractivity contribution in [2.45, 2.75) is 13.3 Å². The second-order valence-electron chi connectivity index (χ2n) is 7.58. The number of aryl methyl sites for hydroxylation is 1. The molecule has 0 aliphatic carbocycles. The molecule has 1 amide bonds. The van der Waals surface area contributed by atoms with E-state index < -0.39 is 5.63 Å². The number of rotatable bonds is 5. The molecule has 0 saturated carbocycles. The third kappa shape index (κ3) is 4.08. The van der Waals surface area contributed by atoms with Gasteiger partial charge in [-0.15, -0.1) is 0 Å². The summed E-state index contributed by atoms with van der Waals surface area (Å²) in [6.07, 6.45) is 0.00459. The number of hydrogen-bond acceptors (Lipinski definition) is 6. The van der Waals surface area contributed by atoms with E-state index in [-0.39, 0.29) is 12.3 Å². The van der Waals surface area contributed by atoms with Crippen molar-refractivity contribution in [2.75, 3.05) is 45.3 Å². The second kappa shape index (κ2) is 8.71. The molecule has 31 heavy (non-hydrogen) atoms. The molecule has 1 saturated heterocycles. The first-order chi connectivity index (χ1) is 15.0. The van der Waals surface area contributed by atoms with Gasteiger partial charge in [-0.25, -0.2) is 4.79 Å². The molecule has 0 N–H and O–H groups in total. The van der Waals surface area contributed by atoms with Crippen LogP contribution in [0.25, 0.3) is 11.0 Å². The summed E-state index contributed by atoms with van der Waals surface area (Å²) in [6.45, 7) is 4.58. The molecule has 0 atom stereocenters. The molecule has 4 rings (SSSR count). The molecule has 0 bridgehead atoms. The van der Waals surface area contributed by atoms with Crippen molar-refractivity contribution in [3.8, 4) is 11.5 Å². The van der Waals surface area contributed by atoms with Crippen LogP contribution in [0.2, 0.25) is 0 Å². The number of anilines is 1. The third-order valence-corrected chi connectivity index (χ3v) is 5.85. The van der Waals surface area contributed by atoms with E-state index in [1.807, 2.05) is 30.0 Å². The number of piperazine rings is 1. The summed E-state index contributed by atoms with van der Waals surface area (Å²) in [5.74, 6) is 1.00. The molecule has 3 aromatic rings. The van der Waals surface area contributed by atoms with Crippen LogP contribution in [0.5, 0.6) is 11.5 Å². The van der Waals surface area contributed by atoms with Gasteiger partial charge in [0, 0.05) is 44.0 Å². The van der Waals surface area contributed by atoms with Gasteiger partial charge in [-0.05, 0) is 24.6 Å². The van der Waals surface area contributed by atoms with E-state index in [1.54, 1.807) is 19.2 Å². The fraction of sp³-hybridized carbons (Fsp3) is 0.333. The molecule has 0 radical (unpaired) electrons. The van der Waals surface area contributed by atoms with Crippen LogP contribution in [0.3, 0.4) is 0 Å². The minimum atomic E-state index is -0.503. The van der Waals surface area contributed by atoms with Crippen molar-refractivity contribution in [2.24, 2.45) is 0 Å². The predicted octanol–water partition coefficient (Wildman–Crippen LogP) is 3.01. The van der Waals surface area contributed by atoms with E-state index in [0.29, 0.717) is 46.7 Å². The lowest BCUT2D eigenvalue weighted by molar-refractivity contribution is -0.130. The van der Waals surface area contributed by atoms with Crippen molar-refractivity contribution < 1.29 is 18.7 Å². The highest BCUT2D eigenvalue weighted by molar-refractivity contribution is 5.90. The third-order valence-electron chi connectivity index (χ3n) is 5.85. The Morgan fingerprint density at radius 1 is 1.03 bits per heavy atom. The average molecular weight is 422 g/mol. The highest BCUT2D eigenvalue weighted by Gasteiger charge is 2.24. The minimum absolute atomic E-state index is 0.00459. The maximum absolute atomic E-state index is 13.0. The Bertz CT molecular complexity index is 1150. The van der Waals surface area contributed by atoms with Gasteiger partial charge in [0.05, 0.1) is 31.6 Å². The molecule has 2 heterocycles. The molecule has 2 aromatic carbocycles. The molecule has 0 spiro atoms. The first-order valence-corrected chi connectivity index (χ1v) is 10.3. The summed E-state index contributed by atoms with van der Waals surface area (Å²) in [7, 11) is 3.09. The van der Waals surface area contributed by atoms with Gasteiger partial charge in [0.1, 0.15) is 17.1 Å². The minimum Gasteiger partial charge on any atom is -0.496 e. The van der Waals surface area contributed by atoms with Crippen molar-refractivity contribution in [3.63, 3.8) is 0 Å². The number of carbonyl (C=O) groups is 1. The maximum atomic E-state index is 13.0. The molecule has 7 nitrogen and oxygen atoms in total. The summed E-state index contributed by atoms with van der Waals surface area (Å²) in [5, 5.41) is 0.680. The molecule has 162 valence electrons. The van der Waals surface area contributed by atoms with Gasteiger partial charge in [-0.2, -0.15) is 0 Å². The summed E-state index contributed by atoms with van der Waals surface area (Å²) >= 11 is 0. The van der Waals surface area contributed by atoms with E-state index in [1.165, 1.54) is 7.11 Å². The molecule has 1 aliphatic heterocycles. The summed E-state index contributed by atoms with van der Waals surface area (Å²) in [5.41, 5.74) is 2.10. The molecular weight excluding hydrogens is 396 g/mol. The zero-order chi connectivity index (χ0) is 22.0. The van der Waals surface area contributed by atoms with E-state index in [0.717, 1.165) is 18.8 Å². The lowest BCUT2D eigenvalue weighted by atomic mass is 10.0. The van der Waals surface area contributed by atoms with Crippen LogP contribution in [-0.4, -0.2) is 51.2 Å². The number of ether oxygens (including phenoxy) is 2. The number of amides is 1. The molecule has 0 unspecified atom stereocenters. The zero-order valence-corrected chi connectivity index (χ0v) is 18.0. The number of carbonyl (C=O) groups excluding carboxylic acids is 1. The summed E-state index contributed by atoms with van der Waals surface area (Å²) in [6, 6.07) is 13.6. The van der Waals surface area contributed by atoms with Gasteiger partial charge in [-0.3, -0.25) is 4.79 Å². The van der Waals surface area contributed by atoms with Gasteiger partial charge in [-0.1, -0.05) is 18.2 Å². The quantitative estimate of drug-likeness (QED) is 0.589. The number of benzene rings is 2. The van der Waals surface area contributed by atoms with Crippen LogP contribution >= 0.6 is 0 Å². The fourth-order valence-electron chi connectivity index (χ4n) is 4.08. The van der Waals surface area contributed by atoms with Crippen LogP contribution in [-0.2, 0) is 11.2 Å². The molecule has 1 fully saturated rings. The number of para-hydroxylation sites is 1. The highest BCUT2D eigenvalue weighted by atomic mass is 16.5. The van der Waals surface area contributed by atoms with Gasteiger partial charge in [0.15, 0.2) is 0 Å². The van der Waals surface area contributed by atoms with Crippen LogP contribution in [0.1, 0.15) is 11.1 Å². The lowest BCUT2D eigenvalue weighted by Crippen LogP contribution is -2.49. The largest absolute Gasteiger partial charge is 0.496 e. The first kappa shape index (κ1) is 20.8. The fourth-order valence-corrected chi connectivity index (χ4v) is 4.08. The van der Waals surface area contributed by atoms with Crippen molar-refractivity contribution in [1.82, 2.24) is 4.90 Å². The monoisotopic (exact) mass is 422 g/mol. The molecule has 7 heteroatoms. The Labute approximate surface area is 180 Å².